The maximum absolute atomic E-state index is 11.7. The van der Waals surface area contributed by atoms with E-state index in [4.69, 9.17) is 4.74 Å². The Bertz CT molecular complexity index is 443. The third-order valence-electron chi connectivity index (χ3n) is 3.21. The van der Waals surface area contributed by atoms with Gasteiger partial charge in [-0.15, -0.1) is 0 Å². The summed E-state index contributed by atoms with van der Waals surface area (Å²) in [4.78, 5) is 20.6. The fourth-order valence-electron chi connectivity index (χ4n) is 2.29. The number of hydrogen-bond acceptors (Lipinski definition) is 4. The molecule has 1 heterocycles. The number of carbonyl (C=O) groups is 1. The second-order valence-electron chi connectivity index (χ2n) is 4.99. The van der Waals surface area contributed by atoms with Crippen LogP contribution in [0.5, 0.6) is 0 Å². The Morgan fingerprint density at radius 3 is 2.83 bits per heavy atom. The molecule has 0 bridgehead atoms. The van der Waals surface area contributed by atoms with Crippen molar-refractivity contribution >= 4 is 5.78 Å². The maximum Gasteiger partial charge on any atom is 0.166 e. The lowest BCUT2D eigenvalue weighted by Crippen LogP contribution is -2.19. The Morgan fingerprint density at radius 1 is 1.39 bits per heavy atom. The summed E-state index contributed by atoms with van der Waals surface area (Å²) in [6, 6.07) is 0. The number of Topliss-reactive ketones (excluding diaryl/α,β-unsaturated/α-hetero) is 1. The van der Waals surface area contributed by atoms with E-state index in [2.05, 4.69) is 23.8 Å². The molecular weight excluding hydrogens is 228 g/mol. The molecule has 0 saturated heterocycles. The lowest BCUT2D eigenvalue weighted by atomic mass is 9.96. The summed E-state index contributed by atoms with van der Waals surface area (Å²) in [5.41, 5.74) is 1.59. The summed E-state index contributed by atoms with van der Waals surface area (Å²) < 4.78 is 5.70. The molecule has 1 aliphatic carbocycles. The molecule has 0 saturated carbocycles. The van der Waals surface area contributed by atoms with Crippen molar-refractivity contribution in [3.8, 4) is 0 Å². The molecule has 1 aliphatic rings. The molecule has 0 fully saturated rings. The summed E-state index contributed by atoms with van der Waals surface area (Å²) in [7, 11) is 0. The van der Waals surface area contributed by atoms with Gasteiger partial charge in [-0.1, -0.05) is 13.8 Å². The zero-order valence-corrected chi connectivity index (χ0v) is 11.3. The van der Waals surface area contributed by atoms with Crippen LogP contribution in [-0.2, 0) is 11.2 Å². The Labute approximate surface area is 108 Å². The number of rotatable bonds is 4. The first-order valence-electron chi connectivity index (χ1n) is 6.64. The maximum atomic E-state index is 11.7. The molecule has 4 heteroatoms. The molecule has 0 aromatic carbocycles. The number of ether oxygens (including phenoxy) is 1. The smallest absolute Gasteiger partial charge is 0.166 e. The van der Waals surface area contributed by atoms with E-state index in [9.17, 15) is 4.79 Å². The van der Waals surface area contributed by atoms with Gasteiger partial charge in [0, 0.05) is 19.2 Å². The average Bonchev–Trinajstić information content (AvgIpc) is 2.35. The molecule has 0 amide bonds. The highest BCUT2D eigenvalue weighted by Gasteiger charge is 2.24. The van der Waals surface area contributed by atoms with Crippen molar-refractivity contribution in [2.75, 3.05) is 6.61 Å². The standard InChI is InChI=1S/C14H20N2O2/c1-4-18-13(9(2)3)14-15-8-10-11(16-14)6-5-7-12(10)17/h8-9,13H,4-7H2,1-3H3. The Balaban J connectivity index is 2.32. The highest BCUT2D eigenvalue weighted by molar-refractivity contribution is 5.97. The van der Waals surface area contributed by atoms with Gasteiger partial charge in [0.15, 0.2) is 11.6 Å². The molecule has 0 aliphatic heterocycles. The monoisotopic (exact) mass is 248 g/mol. The van der Waals surface area contributed by atoms with Gasteiger partial charge in [-0.25, -0.2) is 9.97 Å². The number of aromatic nitrogens is 2. The molecule has 1 aromatic heterocycles. The summed E-state index contributed by atoms with van der Waals surface area (Å²) in [5, 5.41) is 0. The van der Waals surface area contributed by atoms with Crippen molar-refractivity contribution in [2.45, 2.75) is 46.1 Å². The van der Waals surface area contributed by atoms with Crippen LogP contribution in [0.4, 0.5) is 0 Å². The number of aryl methyl sites for hydroxylation is 1. The second kappa shape index (κ2) is 5.57. The third kappa shape index (κ3) is 2.58. The zero-order chi connectivity index (χ0) is 13.1. The van der Waals surface area contributed by atoms with Crippen LogP contribution in [0, 0.1) is 5.92 Å². The molecule has 4 nitrogen and oxygen atoms in total. The van der Waals surface area contributed by atoms with E-state index in [1.807, 2.05) is 6.92 Å². The van der Waals surface area contributed by atoms with E-state index in [1.165, 1.54) is 0 Å². The predicted molar refractivity (Wildman–Crippen MR) is 68.5 cm³/mol. The highest BCUT2D eigenvalue weighted by Crippen LogP contribution is 2.25. The van der Waals surface area contributed by atoms with E-state index in [-0.39, 0.29) is 11.9 Å². The zero-order valence-electron chi connectivity index (χ0n) is 11.3. The predicted octanol–water partition coefficient (Wildman–Crippen LogP) is 2.73. The molecular formula is C14H20N2O2. The summed E-state index contributed by atoms with van der Waals surface area (Å²) in [6.45, 7) is 6.79. The number of nitrogens with zero attached hydrogens (tertiary/aromatic N) is 2. The van der Waals surface area contributed by atoms with E-state index < -0.39 is 0 Å². The van der Waals surface area contributed by atoms with Crippen LogP contribution >= 0.6 is 0 Å². The largest absolute Gasteiger partial charge is 0.370 e. The minimum atomic E-state index is -0.0858. The molecule has 0 N–H and O–H groups in total. The Kier molecular flexibility index (Phi) is 4.07. The fourth-order valence-corrected chi connectivity index (χ4v) is 2.29. The second-order valence-corrected chi connectivity index (χ2v) is 4.99. The molecule has 1 unspecified atom stereocenters. The van der Waals surface area contributed by atoms with E-state index in [1.54, 1.807) is 6.20 Å². The van der Waals surface area contributed by atoms with Gasteiger partial charge >= 0.3 is 0 Å². The first kappa shape index (κ1) is 13.1. The average molecular weight is 248 g/mol. The van der Waals surface area contributed by atoms with Crippen LogP contribution in [0.15, 0.2) is 6.20 Å². The third-order valence-corrected chi connectivity index (χ3v) is 3.21. The van der Waals surface area contributed by atoms with Crippen molar-refractivity contribution in [2.24, 2.45) is 5.92 Å². The first-order chi connectivity index (χ1) is 8.63. The summed E-state index contributed by atoms with van der Waals surface area (Å²) >= 11 is 0. The normalized spacial score (nSPS) is 16.8. The van der Waals surface area contributed by atoms with Gasteiger partial charge < -0.3 is 4.74 Å². The van der Waals surface area contributed by atoms with Gasteiger partial charge in [-0.3, -0.25) is 4.79 Å². The first-order valence-corrected chi connectivity index (χ1v) is 6.64. The van der Waals surface area contributed by atoms with Crippen LogP contribution < -0.4 is 0 Å². The topological polar surface area (TPSA) is 52.1 Å². The Morgan fingerprint density at radius 2 is 2.17 bits per heavy atom. The van der Waals surface area contributed by atoms with E-state index >= 15 is 0 Å². The lowest BCUT2D eigenvalue weighted by Gasteiger charge is -2.21. The summed E-state index contributed by atoms with van der Waals surface area (Å²) in [5.74, 6) is 1.20. The SMILES string of the molecule is CCOC(c1ncc2c(n1)CCCC2=O)C(C)C. The van der Waals surface area contributed by atoms with Gasteiger partial charge in [0.2, 0.25) is 0 Å². The van der Waals surface area contributed by atoms with Crippen molar-refractivity contribution < 1.29 is 9.53 Å². The number of fused-ring (bicyclic) bond motifs is 1. The van der Waals surface area contributed by atoms with Crippen LogP contribution in [0.3, 0.4) is 0 Å². The Hall–Kier alpha value is -1.29. The minimum absolute atomic E-state index is 0.0858. The van der Waals surface area contributed by atoms with Crippen molar-refractivity contribution in [3.63, 3.8) is 0 Å². The summed E-state index contributed by atoms with van der Waals surface area (Å²) in [6.07, 6.45) is 3.97. The molecule has 2 rings (SSSR count). The van der Waals surface area contributed by atoms with Gasteiger partial charge in [-0.2, -0.15) is 0 Å². The van der Waals surface area contributed by atoms with Gasteiger partial charge in [0.05, 0.1) is 11.3 Å². The quantitative estimate of drug-likeness (QED) is 0.822. The van der Waals surface area contributed by atoms with Gasteiger partial charge in [-0.05, 0) is 25.7 Å². The van der Waals surface area contributed by atoms with Crippen molar-refractivity contribution in [3.05, 3.63) is 23.3 Å². The minimum Gasteiger partial charge on any atom is -0.370 e. The van der Waals surface area contributed by atoms with Crippen LogP contribution in [-0.4, -0.2) is 22.4 Å². The number of carbonyl (C=O) groups excluding carboxylic acids is 1. The van der Waals surface area contributed by atoms with Gasteiger partial charge in [0.25, 0.3) is 0 Å². The fraction of sp³-hybridized carbons (Fsp3) is 0.643. The molecule has 98 valence electrons. The lowest BCUT2D eigenvalue weighted by molar-refractivity contribution is 0.0229. The molecule has 1 aromatic rings. The van der Waals surface area contributed by atoms with E-state index in [0.717, 1.165) is 18.5 Å². The van der Waals surface area contributed by atoms with Crippen LogP contribution in [0.1, 0.15) is 61.6 Å². The molecule has 18 heavy (non-hydrogen) atoms. The number of hydrogen-bond donors (Lipinski definition) is 0. The number of ketones is 1. The van der Waals surface area contributed by atoms with Crippen molar-refractivity contribution in [1.82, 2.24) is 9.97 Å². The molecule has 0 radical (unpaired) electrons. The van der Waals surface area contributed by atoms with Crippen LogP contribution in [0.25, 0.3) is 0 Å². The molecule has 0 spiro atoms. The molecule has 1 atom stereocenters. The highest BCUT2D eigenvalue weighted by atomic mass is 16.5. The van der Waals surface area contributed by atoms with Gasteiger partial charge in [0.1, 0.15) is 6.10 Å². The van der Waals surface area contributed by atoms with E-state index in [0.29, 0.717) is 30.3 Å². The van der Waals surface area contributed by atoms with Crippen molar-refractivity contribution in [1.29, 1.82) is 0 Å². The van der Waals surface area contributed by atoms with Crippen LogP contribution in [0.2, 0.25) is 0 Å².